The van der Waals surface area contributed by atoms with E-state index in [0.29, 0.717) is 35.5 Å². The van der Waals surface area contributed by atoms with Crippen LogP contribution in [0.1, 0.15) is 12.5 Å². The number of nitrogens with zero attached hydrogens (tertiary/aromatic N) is 2. The number of nitrogens with two attached hydrogens (primary N) is 1. The molecule has 4 aromatic rings. The molecule has 0 amide bonds. The maximum atomic E-state index is 12.2. The number of anilines is 3. The molecule has 0 saturated heterocycles. The Morgan fingerprint density at radius 3 is 2.54 bits per heavy atom. The van der Waals surface area contributed by atoms with Crippen molar-refractivity contribution in [3.8, 4) is 22.6 Å². The van der Waals surface area contributed by atoms with Crippen LogP contribution in [0.2, 0.25) is 0 Å². The minimum absolute atomic E-state index is 0.392. The second-order valence-electron chi connectivity index (χ2n) is 8.32. The van der Waals surface area contributed by atoms with Crippen molar-refractivity contribution in [3.63, 3.8) is 0 Å². The van der Waals surface area contributed by atoms with E-state index in [1.807, 2.05) is 55.5 Å². The van der Waals surface area contributed by atoms with Crippen LogP contribution in [0.25, 0.3) is 11.1 Å². The molecule has 1 heterocycles. The van der Waals surface area contributed by atoms with Crippen LogP contribution in [0.4, 0.5) is 17.5 Å². The van der Waals surface area contributed by atoms with Crippen molar-refractivity contribution < 1.29 is 13.7 Å². The SMILES string of the molecule is C=S(N)(=O)c1cccc(Nc2ncc(-c3ccc(OCC)cc3)c(NCCc3cccc(OC)c3)n2)c1. The molecule has 192 valence electrons. The molecule has 3 aromatic carbocycles. The summed E-state index contributed by atoms with van der Waals surface area (Å²) in [5.41, 5.74) is 3.63. The van der Waals surface area contributed by atoms with Crippen molar-refractivity contribution in [2.24, 2.45) is 5.14 Å². The van der Waals surface area contributed by atoms with Crippen LogP contribution in [-0.4, -0.2) is 40.3 Å². The standard InChI is InChI=1S/C28H31N5O3S/c1-4-36-23-13-11-21(12-14-23)26-19-31-28(32-22-8-6-10-25(18-22)37(3,29)34)33-27(26)30-16-15-20-7-5-9-24(17-20)35-2/h5-14,17-19H,3-4,15-16H2,1-2H3,(H2,29,34)(H2,30,31,32,33). The Labute approximate surface area is 218 Å². The zero-order valence-corrected chi connectivity index (χ0v) is 21.8. The molecular weight excluding hydrogens is 486 g/mol. The molecule has 0 aliphatic rings. The summed E-state index contributed by atoms with van der Waals surface area (Å²) in [6.45, 7) is 3.21. The van der Waals surface area contributed by atoms with E-state index in [9.17, 15) is 4.21 Å². The van der Waals surface area contributed by atoms with E-state index in [-0.39, 0.29) is 0 Å². The summed E-state index contributed by atoms with van der Waals surface area (Å²) in [6, 6.07) is 22.8. The zero-order chi connectivity index (χ0) is 26.3. The molecule has 8 nitrogen and oxygen atoms in total. The van der Waals surface area contributed by atoms with E-state index in [1.165, 1.54) is 0 Å². The van der Waals surface area contributed by atoms with Gasteiger partial charge in [0.25, 0.3) is 0 Å². The summed E-state index contributed by atoms with van der Waals surface area (Å²) >= 11 is 0. The summed E-state index contributed by atoms with van der Waals surface area (Å²) in [7, 11) is -1.17. The summed E-state index contributed by atoms with van der Waals surface area (Å²) in [5.74, 6) is 6.26. The minimum atomic E-state index is -2.83. The summed E-state index contributed by atoms with van der Waals surface area (Å²) < 4.78 is 23.1. The van der Waals surface area contributed by atoms with Gasteiger partial charge in [-0.05, 0) is 72.8 Å². The van der Waals surface area contributed by atoms with Crippen molar-refractivity contribution in [3.05, 3.63) is 84.6 Å². The maximum Gasteiger partial charge on any atom is 0.229 e. The molecule has 1 aromatic heterocycles. The van der Waals surface area contributed by atoms with Gasteiger partial charge in [-0.2, -0.15) is 4.98 Å². The molecule has 37 heavy (non-hydrogen) atoms. The predicted molar refractivity (Wildman–Crippen MR) is 151 cm³/mol. The van der Waals surface area contributed by atoms with Crippen molar-refractivity contribution >= 4 is 33.0 Å². The highest BCUT2D eigenvalue weighted by atomic mass is 32.2. The molecule has 0 saturated carbocycles. The third-order valence-corrected chi connectivity index (χ3v) is 6.65. The summed E-state index contributed by atoms with van der Waals surface area (Å²) in [6.07, 6.45) is 2.55. The van der Waals surface area contributed by atoms with Gasteiger partial charge in [0.2, 0.25) is 5.95 Å². The Hall–Kier alpha value is -4.08. The number of nitrogens with one attached hydrogen (secondary N) is 2. The summed E-state index contributed by atoms with van der Waals surface area (Å²) in [4.78, 5) is 9.72. The van der Waals surface area contributed by atoms with E-state index < -0.39 is 9.71 Å². The number of ether oxygens (including phenoxy) is 2. The quantitative estimate of drug-likeness (QED) is 0.243. The molecule has 0 fully saturated rings. The van der Waals surface area contributed by atoms with E-state index in [2.05, 4.69) is 27.6 Å². The Balaban J connectivity index is 1.60. The van der Waals surface area contributed by atoms with Gasteiger partial charge in [0.1, 0.15) is 17.3 Å². The number of benzene rings is 3. The monoisotopic (exact) mass is 517 g/mol. The molecule has 1 atom stereocenters. The fourth-order valence-electron chi connectivity index (χ4n) is 3.76. The third-order valence-electron chi connectivity index (χ3n) is 5.59. The first kappa shape index (κ1) is 26.0. The van der Waals surface area contributed by atoms with Crippen molar-refractivity contribution in [1.29, 1.82) is 0 Å². The number of hydrogen-bond donors (Lipinski definition) is 3. The van der Waals surface area contributed by atoms with E-state index in [0.717, 1.165) is 34.6 Å². The molecule has 4 rings (SSSR count). The van der Waals surface area contributed by atoms with Crippen LogP contribution in [0.3, 0.4) is 0 Å². The van der Waals surface area contributed by atoms with Gasteiger partial charge in [0, 0.05) is 28.9 Å². The normalized spacial score (nSPS) is 12.4. The van der Waals surface area contributed by atoms with Crippen molar-refractivity contribution in [1.82, 2.24) is 9.97 Å². The van der Waals surface area contributed by atoms with Crippen LogP contribution in [0.5, 0.6) is 11.5 Å². The molecule has 4 N–H and O–H groups in total. The highest BCUT2D eigenvalue weighted by Crippen LogP contribution is 2.29. The second-order valence-corrected chi connectivity index (χ2v) is 10.2. The number of hydrogen-bond acceptors (Lipinski definition) is 7. The van der Waals surface area contributed by atoms with Crippen LogP contribution in [-0.2, 0) is 16.1 Å². The first-order valence-electron chi connectivity index (χ1n) is 11.8. The largest absolute Gasteiger partial charge is 0.497 e. The molecular formula is C28H31N5O3S. The van der Waals surface area contributed by atoms with E-state index in [4.69, 9.17) is 19.6 Å². The van der Waals surface area contributed by atoms with Gasteiger partial charge in [-0.3, -0.25) is 5.14 Å². The smallest absolute Gasteiger partial charge is 0.229 e. The molecule has 0 spiro atoms. The van der Waals surface area contributed by atoms with Gasteiger partial charge in [-0.1, -0.05) is 30.3 Å². The molecule has 0 aliphatic heterocycles. The van der Waals surface area contributed by atoms with Crippen LogP contribution in [0.15, 0.2) is 83.9 Å². The maximum absolute atomic E-state index is 12.2. The topological polar surface area (TPSA) is 111 Å². The van der Waals surface area contributed by atoms with E-state index in [1.54, 1.807) is 31.5 Å². The van der Waals surface area contributed by atoms with Crippen LogP contribution >= 0.6 is 0 Å². The number of methoxy groups -OCH3 is 1. The van der Waals surface area contributed by atoms with Crippen LogP contribution < -0.4 is 25.2 Å². The minimum Gasteiger partial charge on any atom is -0.497 e. The van der Waals surface area contributed by atoms with Crippen molar-refractivity contribution in [2.75, 3.05) is 30.9 Å². The lowest BCUT2D eigenvalue weighted by Crippen LogP contribution is -2.12. The third kappa shape index (κ3) is 6.99. The fraction of sp³-hybridized carbons (Fsp3) is 0.179. The van der Waals surface area contributed by atoms with Gasteiger partial charge in [0.15, 0.2) is 0 Å². The van der Waals surface area contributed by atoms with Gasteiger partial charge in [-0.25, -0.2) is 9.19 Å². The summed E-state index contributed by atoms with van der Waals surface area (Å²) in [5, 5.41) is 12.3. The lowest BCUT2D eigenvalue weighted by molar-refractivity contribution is 0.340. The first-order valence-corrected chi connectivity index (χ1v) is 13.6. The molecule has 0 radical (unpaired) electrons. The average Bonchev–Trinajstić information content (AvgIpc) is 2.89. The Morgan fingerprint density at radius 2 is 1.81 bits per heavy atom. The Kier molecular flexibility index (Phi) is 8.27. The highest BCUT2D eigenvalue weighted by Gasteiger charge is 2.11. The molecule has 0 aliphatic carbocycles. The Bertz CT molecular complexity index is 1460. The second kappa shape index (κ2) is 11.8. The molecule has 1 unspecified atom stereocenters. The van der Waals surface area contributed by atoms with Crippen LogP contribution in [0, 0.1) is 0 Å². The predicted octanol–water partition coefficient (Wildman–Crippen LogP) is 4.90. The van der Waals surface area contributed by atoms with Gasteiger partial charge in [-0.15, -0.1) is 0 Å². The molecule has 9 heteroatoms. The first-order chi connectivity index (χ1) is 17.9. The van der Waals surface area contributed by atoms with Gasteiger partial charge in [0.05, 0.1) is 23.4 Å². The lowest BCUT2D eigenvalue weighted by atomic mass is 10.1. The zero-order valence-electron chi connectivity index (χ0n) is 20.9. The molecule has 0 bridgehead atoms. The number of rotatable bonds is 11. The fourth-order valence-corrected chi connectivity index (χ4v) is 4.39. The lowest BCUT2D eigenvalue weighted by Gasteiger charge is -2.14. The van der Waals surface area contributed by atoms with Gasteiger partial charge < -0.3 is 20.1 Å². The van der Waals surface area contributed by atoms with Crippen molar-refractivity contribution in [2.45, 2.75) is 18.2 Å². The average molecular weight is 518 g/mol. The number of aromatic nitrogens is 2. The highest BCUT2D eigenvalue weighted by molar-refractivity contribution is 7.98. The van der Waals surface area contributed by atoms with E-state index >= 15 is 0 Å². The Morgan fingerprint density at radius 1 is 1.03 bits per heavy atom. The van der Waals surface area contributed by atoms with Gasteiger partial charge >= 0.3 is 0 Å².